The summed E-state index contributed by atoms with van der Waals surface area (Å²) < 4.78 is 8.01. The summed E-state index contributed by atoms with van der Waals surface area (Å²) in [5.74, 6) is 1.95. The van der Waals surface area contributed by atoms with E-state index in [2.05, 4.69) is 10.6 Å². The van der Waals surface area contributed by atoms with Crippen LogP contribution in [0.3, 0.4) is 0 Å². The molecule has 4 nitrogen and oxygen atoms in total. The van der Waals surface area contributed by atoms with Gasteiger partial charge < -0.3 is 14.4 Å². The number of imidazole rings is 1. The number of para-hydroxylation sites is 3. The number of fused-ring (bicyclic) bond motifs is 1. The summed E-state index contributed by atoms with van der Waals surface area (Å²) in [6.45, 7) is 1.74. The second-order valence-corrected chi connectivity index (χ2v) is 5.51. The highest BCUT2D eigenvalue weighted by Crippen LogP contribution is 2.18. The van der Waals surface area contributed by atoms with Gasteiger partial charge in [-0.3, -0.25) is 0 Å². The maximum atomic E-state index is 9.08. The molecule has 0 unspecified atom stereocenters. The Balaban J connectivity index is 1.66. The van der Waals surface area contributed by atoms with Crippen LogP contribution < -0.4 is 4.74 Å². The van der Waals surface area contributed by atoms with Gasteiger partial charge >= 0.3 is 0 Å². The van der Waals surface area contributed by atoms with Gasteiger partial charge in [-0.2, -0.15) is 0 Å². The highest BCUT2D eigenvalue weighted by atomic mass is 16.5. The van der Waals surface area contributed by atoms with Gasteiger partial charge in [-0.05, 0) is 37.1 Å². The second-order valence-electron chi connectivity index (χ2n) is 5.51. The van der Waals surface area contributed by atoms with Crippen LogP contribution in [0, 0.1) is 0 Å². The van der Waals surface area contributed by atoms with E-state index < -0.39 is 0 Å². The Morgan fingerprint density at radius 1 is 0.957 bits per heavy atom. The number of aryl methyl sites for hydroxylation is 2. The number of rotatable bonds is 8. The zero-order valence-corrected chi connectivity index (χ0v) is 13.2. The van der Waals surface area contributed by atoms with Crippen LogP contribution in [-0.4, -0.2) is 27.9 Å². The normalized spacial score (nSPS) is 11.0. The van der Waals surface area contributed by atoms with Crippen molar-refractivity contribution in [3.05, 3.63) is 60.4 Å². The van der Waals surface area contributed by atoms with Crippen LogP contribution in [-0.2, 0) is 13.0 Å². The number of ether oxygens (including phenoxy) is 1. The van der Waals surface area contributed by atoms with Crippen LogP contribution in [0.1, 0.15) is 18.7 Å². The Hall–Kier alpha value is -2.33. The molecule has 0 saturated carbocycles. The average Bonchev–Trinajstić information content (AvgIpc) is 2.95. The topological polar surface area (TPSA) is 47.3 Å². The first kappa shape index (κ1) is 15.6. The molecular formula is C19H22N2O2. The van der Waals surface area contributed by atoms with Crippen LogP contribution in [0.4, 0.5) is 0 Å². The maximum Gasteiger partial charge on any atom is 0.119 e. The predicted octanol–water partition coefficient (Wildman–Crippen LogP) is 3.43. The van der Waals surface area contributed by atoms with Crippen molar-refractivity contribution in [1.82, 2.24) is 9.55 Å². The summed E-state index contributed by atoms with van der Waals surface area (Å²) in [5, 5.41) is 9.08. The summed E-state index contributed by atoms with van der Waals surface area (Å²) in [6.07, 6.45) is 2.45. The van der Waals surface area contributed by atoms with E-state index in [1.165, 1.54) is 0 Å². The van der Waals surface area contributed by atoms with Gasteiger partial charge in [-0.25, -0.2) is 4.98 Å². The summed E-state index contributed by atoms with van der Waals surface area (Å²) in [5.41, 5.74) is 2.17. The molecule has 4 heteroatoms. The Morgan fingerprint density at radius 3 is 2.57 bits per heavy atom. The number of aliphatic hydroxyl groups is 1. The van der Waals surface area contributed by atoms with E-state index in [0.29, 0.717) is 6.61 Å². The zero-order chi connectivity index (χ0) is 15.9. The minimum Gasteiger partial charge on any atom is -0.494 e. The van der Waals surface area contributed by atoms with Crippen molar-refractivity contribution in [2.75, 3.05) is 13.2 Å². The summed E-state index contributed by atoms with van der Waals surface area (Å²) >= 11 is 0. The summed E-state index contributed by atoms with van der Waals surface area (Å²) in [6, 6.07) is 18.1. The Labute approximate surface area is 136 Å². The number of aromatic nitrogens is 2. The van der Waals surface area contributed by atoms with Gasteiger partial charge in [0.1, 0.15) is 11.6 Å². The minimum atomic E-state index is 0.195. The van der Waals surface area contributed by atoms with Crippen LogP contribution >= 0.6 is 0 Å². The van der Waals surface area contributed by atoms with E-state index in [0.717, 1.165) is 48.4 Å². The molecule has 23 heavy (non-hydrogen) atoms. The van der Waals surface area contributed by atoms with Gasteiger partial charge in [0.2, 0.25) is 0 Å². The molecule has 1 aromatic heterocycles. The summed E-state index contributed by atoms with van der Waals surface area (Å²) in [7, 11) is 0. The summed E-state index contributed by atoms with van der Waals surface area (Å²) in [4.78, 5) is 4.70. The third kappa shape index (κ3) is 3.90. The fourth-order valence-corrected chi connectivity index (χ4v) is 2.73. The maximum absolute atomic E-state index is 9.08. The lowest BCUT2D eigenvalue weighted by Gasteiger charge is -2.10. The molecule has 3 rings (SSSR count). The molecule has 0 aliphatic heterocycles. The molecule has 0 radical (unpaired) electrons. The number of nitrogens with zero attached hydrogens (tertiary/aromatic N) is 2. The molecule has 3 aromatic rings. The van der Waals surface area contributed by atoms with Gasteiger partial charge in [-0.1, -0.05) is 30.3 Å². The quantitative estimate of drug-likeness (QED) is 0.648. The lowest BCUT2D eigenvalue weighted by Crippen LogP contribution is -2.08. The number of hydrogen-bond donors (Lipinski definition) is 1. The van der Waals surface area contributed by atoms with Crippen LogP contribution in [0.2, 0.25) is 0 Å². The Morgan fingerprint density at radius 2 is 1.74 bits per heavy atom. The van der Waals surface area contributed by atoms with E-state index in [1.807, 2.05) is 48.5 Å². The SMILES string of the molecule is OCCCc1nc2ccccc2n1CCCOc1ccccc1. The first-order valence-electron chi connectivity index (χ1n) is 8.11. The number of hydrogen-bond acceptors (Lipinski definition) is 3. The zero-order valence-electron chi connectivity index (χ0n) is 13.2. The average molecular weight is 310 g/mol. The third-order valence-corrected chi connectivity index (χ3v) is 3.83. The van der Waals surface area contributed by atoms with E-state index >= 15 is 0 Å². The van der Waals surface area contributed by atoms with E-state index in [4.69, 9.17) is 14.8 Å². The molecule has 0 bridgehead atoms. The molecule has 0 fully saturated rings. The largest absolute Gasteiger partial charge is 0.494 e. The molecule has 0 amide bonds. The predicted molar refractivity (Wildman–Crippen MR) is 91.7 cm³/mol. The fraction of sp³-hybridized carbons (Fsp3) is 0.316. The van der Waals surface area contributed by atoms with Crippen molar-refractivity contribution in [3.63, 3.8) is 0 Å². The highest BCUT2D eigenvalue weighted by molar-refractivity contribution is 5.75. The standard InChI is InChI=1S/C19H22N2O2/c22-14-6-12-19-20-17-10-4-5-11-18(17)21(19)13-7-15-23-16-8-2-1-3-9-16/h1-5,8-11,22H,6-7,12-15H2. The lowest BCUT2D eigenvalue weighted by atomic mass is 10.3. The van der Waals surface area contributed by atoms with Crippen LogP contribution in [0.15, 0.2) is 54.6 Å². The smallest absolute Gasteiger partial charge is 0.119 e. The molecule has 1 N–H and O–H groups in total. The molecular weight excluding hydrogens is 288 g/mol. The Bertz CT molecular complexity index is 737. The van der Waals surface area contributed by atoms with Crippen molar-refractivity contribution in [1.29, 1.82) is 0 Å². The lowest BCUT2D eigenvalue weighted by molar-refractivity contribution is 0.285. The van der Waals surface area contributed by atoms with Gasteiger partial charge in [0.25, 0.3) is 0 Å². The van der Waals surface area contributed by atoms with E-state index in [1.54, 1.807) is 0 Å². The minimum absolute atomic E-state index is 0.195. The first-order valence-corrected chi connectivity index (χ1v) is 8.11. The van der Waals surface area contributed by atoms with Crippen molar-refractivity contribution >= 4 is 11.0 Å². The molecule has 0 aliphatic rings. The first-order chi connectivity index (χ1) is 11.4. The monoisotopic (exact) mass is 310 g/mol. The van der Waals surface area contributed by atoms with Gasteiger partial charge in [0.05, 0.1) is 17.6 Å². The molecule has 0 aliphatic carbocycles. The van der Waals surface area contributed by atoms with E-state index in [-0.39, 0.29) is 6.61 Å². The molecule has 2 aromatic carbocycles. The second kappa shape index (κ2) is 7.79. The molecule has 120 valence electrons. The Kier molecular flexibility index (Phi) is 5.27. The fourth-order valence-electron chi connectivity index (χ4n) is 2.73. The van der Waals surface area contributed by atoms with Crippen LogP contribution in [0.5, 0.6) is 5.75 Å². The third-order valence-electron chi connectivity index (χ3n) is 3.83. The number of aliphatic hydroxyl groups excluding tert-OH is 1. The van der Waals surface area contributed by atoms with Crippen molar-refractivity contribution < 1.29 is 9.84 Å². The van der Waals surface area contributed by atoms with E-state index in [9.17, 15) is 0 Å². The van der Waals surface area contributed by atoms with Gasteiger partial charge in [-0.15, -0.1) is 0 Å². The molecule has 1 heterocycles. The van der Waals surface area contributed by atoms with Gasteiger partial charge in [0, 0.05) is 19.6 Å². The number of benzene rings is 2. The van der Waals surface area contributed by atoms with Crippen molar-refractivity contribution in [3.8, 4) is 5.75 Å². The molecule has 0 spiro atoms. The van der Waals surface area contributed by atoms with Crippen LogP contribution in [0.25, 0.3) is 11.0 Å². The molecule has 0 saturated heterocycles. The highest BCUT2D eigenvalue weighted by Gasteiger charge is 2.09. The molecule has 0 atom stereocenters. The van der Waals surface area contributed by atoms with Crippen molar-refractivity contribution in [2.45, 2.75) is 25.8 Å². The van der Waals surface area contributed by atoms with Crippen molar-refractivity contribution in [2.24, 2.45) is 0 Å². The van der Waals surface area contributed by atoms with Gasteiger partial charge in [0.15, 0.2) is 0 Å².